The zero-order valence-corrected chi connectivity index (χ0v) is 14.9. The van der Waals surface area contributed by atoms with Crippen molar-refractivity contribution in [3.05, 3.63) is 16.8 Å². The minimum atomic E-state index is -1.82. The number of carboxylic acids is 2. The second kappa shape index (κ2) is 9.41. The molecule has 0 aromatic carbocycles. The number of nitrogens with zero attached hydrogens (tertiary/aromatic N) is 3. The van der Waals surface area contributed by atoms with E-state index >= 15 is 0 Å². The van der Waals surface area contributed by atoms with Gasteiger partial charge in [0.05, 0.1) is 18.6 Å². The highest BCUT2D eigenvalue weighted by Crippen LogP contribution is 2.39. The Hall–Kier alpha value is -2.30. The predicted octanol–water partition coefficient (Wildman–Crippen LogP) is 0.517. The number of fused-ring (bicyclic) bond motifs is 3. The first-order chi connectivity index (χ1) is 12.5. The summed E-state index contributed by atoms with van der Waals surface area (Å²) in [4.78, 5) is 31.4. The van der Waals surface area contributed by atoms with Crippen LogP contribution in [0.25, 0.3) is 10.2 Å². The molecule has 0 saturated carbocycles. The fourth-order valence-electron chi connectivity index (χ4n) is 2.88. The molecule has 0 bridgehead atoms. The van der Waals surface area contributed by atoms with Crippen molar-refractivity contribution in [1.29, 1.82) is 0 Å². The van der Waals surface area contributed by atoms with Crippen LogP contribution in [-0.4, -0.2) is 68.6 Å². The number of thiophene rings is 1. The lowest BCUT2D eigenvalue weighted by molar-refractivity contribution is -0.159. The molecule has 2 aromatic rings. The molecule has 0 fully saturated rings. The van der Waals surface area contributed by atoms with Crippen LogP contribution in [0.5, 0.6) is 0 Å². The lowest BCUT2D eigenvalue weighted by atomic mass is 9.97. The third-order valence-electron chi connectivity index (χ3n) is 3.95. The van der Waals surface area contributed by atoms with E-state index in [9.17, 15) is 10.2 Å². The fourth-order valence-corrected chi connectivity index (χ4v) is 4.10. The summed E-state index contributed by atoms with van der Waals surface area (Å²) in [6, 6.07) is 0. The summed E-state index contributed by atoms with van der Waals surface area (Å²) in [5.41, 5.74) is 1.38. The molecule has 9 nitrogen and oxygen atoms in total. The zero-order chi connectivity index (χ0) is 19.1. The Morgan fingerprint density at radius 1 is 1.04 bits per heavy atom. The van der Waals surface area contributed by atoms with Crippen molar-refractivity contribution < 1.29 is 30.0 Å². The van der Waals surface area contributed by atoms with Crippen LogP contribution >= 0.6 is 11.3 Å². The number of aryl methyl sites for hydroxylation is 2. The molecule has 142 valence electrons. The lowest BCUT2D eigenvalue weighted by Crippen LogP contribution is -2.30. The Balaban J connectivity index is 0.000000352. The minimum Gasteiger partial charge on any atom is -0.473 e. The van der Waals surface area contributed by atoms with Crippen LogP contribution < -0.4 is 4.90 Å². The summed E-state index contributed by atoms with van der Waals surface area (Å²) in [5, 5.41) is 34.4. The van der Waals surface area contributed by atoms with Crippen molar-refractivity contribution in [2.75, 3.05) is 31.2 Å². The van der Waals surface area contributed by atoms with E-state index in [1.807, 2.05) is 4.90 Å². The number of aromatic nitrogens is 2. The highest BCUT2D eigenvalue weighted by molar-refractivity contribution is 7.19. The Bertz CT molecular complexity index is 761. The largest absolute Gasteiger partial charge is 0.473 e. The molecule has 0 radical (unpaired) electrons. The second-order valence-electron chi connectivity index (χ2n) is 5.63. The first-order valence-electron chi connectivity index (χ1n) is 8.17. The first-order valence-corrected chi connectivity index (χ1v) is 8.99. The van der Waals surface area contributed by atoms with E-state index < -0.39 is 11.9 Å². The van der Waals surface area contributed by atoms with Gasteiger partial charge in [0.1, 0.15) is 17.0 Å². The lowest BCUT2D eigenvalue weighted by Gasteiger charge is -2.23. The number of carboxylic acid groups (broad SMARTS) is 2. The smallest absolute Gasteiger partial charge is 0.414 e. The maximum Gasteiger partial charge on any atom is 0.414 e. The van der Waals surface area contributed by atoms with Crippen molar-refractivity contribution in [3.63, 3.8) is 0 Å². The Kier molecular flexibility index (Phi) is 7.25. The molecule has 2 aromatic heterocycles. The van der Waals surface area contributed by atoms with Crippen LogP contribution in [0.4, 0.5) is 5.82 Å². The Morgan fingerprint density at radius 2 is 1.65 bits per heavy atom. The number of aliphatic carboxylic acids is 2. The summed E-state index contributed by atoms with van der Waals surface area (Å²) < 4.78 is 0. The normalized spacial score (nSPS) is 12.8. The molecule has 0 aliphatic heterocycles. The van der Waals surface area contributed by atoms with Crippen molar-refractivity contribution in [1.82, 2.24) is 9.97 Å². The van der Waals surface area contributed by atoms with Gasteiger partial charge in [-0.2, -0.15) is 0 Å². The zero-order valence-electron chi connectivity index (χ0n) is 14.1. The van der Waals surface area contributed by atoms with Gasteiger partial charge in [0, 0.05) is 18.0 Å². The van der Waals surface area contributed by atoms with Crippen molar-refractivity contribution in [2.24, 2.45) is 0 Å². The van der Waals surface area contributed by atoms with Crippen LogP contribution in [-0.2, 0) is 22.4 Å². The van der Waals surface area contributed by atoms with Gasteiger partial charge in [0.25, 0.3) is 0 Å². The van der Waals surface area contributed by atoms with E-state index in [0.29, 0.717) is 13.1 Å². The molecule has 0 spiro atoms. The van der Waals surface area contributed by atoms with Gasteiger partial charge in [-0.25, -0.2) is 19.6 Å². The molecule has 4 N–H and O–H groups in total. The summed E-state index contributed by atoms with van der Waals surface area (Å²) in [6.45, 7) is 1.07. The number of rotatable bonds is 5. The molecular weight excluding hydrogens is 362 g/mol. The number of hydrogen-bond donors (Lipinski definition) is 4. The molecule has 3 rings (SSSR count). The minimum absolute atomic E-state index is 0.0534. The quantitative estimate of drug-likeness (QED) is 0.543. The van der Waals surface area contributed by atoms with Gasteiger partial charge in [0.15, 0.2) is 0 Å². The summed E-state index contributed by atoms with van der Waals surface area (Å²) in [7, 11) is 0. The highest BCUT2D eigenvalue weighted by Gasteiger charge is 2.22. The third-order valence-corrected chi connectivity index (χ3v) is 5.15. The van der Waals surface area contributed by atoms with Gasteiger partial charge in [-0.15, -0.1) is 11.3 Å². The maximum absolute atomic E-state index is 9.22. The van der Waals surface area contributed by atoms with E-state index in [-0.39, 0.29) is 13.2 Å². The van der Waals surface area contributed by atoms with E-state index in [2.05, 4.69) is 9.97 Å². The molecule has 0 saturated heterocycles. The molecule has 0 amide bonds. The molecule has 1 aliphatic carbocycles. The third kappa shape index (κ3) is 4.65. The van der Waals surface area contributed by atoms with Gasteiger partial charge < -0.3 is 25.3 Å². The van der Waals surface area contributed by atoms with Gasteiger partial charge in [-0.1, -0.05) is 0 Å². The maximum atomic E-state index is 9.22. The van der Waals surface area contributed by atoms with Crippen LogP contribution in [0.3, 0.4) is 0 Å². The van der Waals surface area contributed by atoms with Gasteiger partial charge in [-0.05, 0) is 31.2 Å². The van der Waals surface area contributed by atoms with Crippen LogP contribution in [0, 0.1) is 0 Å². The molecular formula is C16H21N3O6S. The summed E-state index contributed by atoms with van der Waals surface area (Å²) >= 11 is 1.76. The van der Waals surface area contributed by atoms with E-state index in [1.165, 1.54) is 23.3 Å². The molecule has 26 heavy (non-hydrogen) atoms. The fraction of sp³-hybridized carbons (Fsp3) is 0.500. The SMILES string of the molecule is O=C(O)C(=O)O.OCCN(CCO)c1ncnc2sc3c(c12)CCCC3. The van der Waals surface area contributed by atoms with Gasteiger partial charge in [-0.3, -0.25) is 0 Å². The number of aliphatic hydroxyl groups excluding tert-OH is 2. The summed E-state index contributed by atoms with van der Waals surface area (Å²) in [5.74, 6) is -2.79. The average molecular weight is 383 g/mol. The Morgan fingerprint density at radius 3 is 2.23 bits per heavy atom. The van der Waals surface area contributed by atoms with Gasteiger partial charge in [0.2, 0.25) is 0 Å². The van der Waals surface area contributed by atoms with E-state index in [1.54, 1.807) is 17.7 Å². The van der Waals surface area contributed by atoms with Crippen LogP contribution in [0.15, 0.2) is 6.33 Å². The molecule has 0 unspecified atom stereocenters. The highest BCUT2D eigenvalue weighted by atomic mass is 32.1. The molecule has 2 heterocycles. The Labute approximate surface area is 153 Å². The van der Waals surface area contributed by atoms with Crippen LogP contribution in [0.1, 0.15) is 23.3 Å². The predicted molar refractivity (Wildman–Crippen MR) is 95.7 cm³/mol. The monoisotopic (exact) mass is 383 g/mol. The number of anilines is 1. The standard InChI is InChI=1S/C14H19N3O2S.C2H2O4/c18-7-5-17(6-8-19)13-12-10-3-1-2-4-11(10)20-14(12)16-9-15-13;3-1(4)2(5)6/h9,18-19H,1-8H2;(H,3,4)(H,5,6). The number of aliphatic hydroxyl groups is 2. The van der Waals surface area contributed by atoms with Crippen LogP contribution in [0.2, 0.25) is 0 Å². The van der Waals surface area contributed by atoms with Gasteiger partial charge >= 0.3 is 11.9 Å². The van der Waals surface area contributed by atoms with Crippen molar-refractivity contribution >= 4 is 39.3 Å². The topological polar surface area (TPSA) is 144 Å². The van der Waals surface area contributed by atoms with E-state index in [4.69, 9.17) is 19.8 Å². The van der Waals surface area contributed by atoms with Crippen molar-refractivity contribution in [3.8, 4) is 0 Å². The summed E-state index contributed by atoms with van der Waals surface area (Å²) in [6.07, 6.45) is 6.27. The van der Waals surface area contributed by atoms with E-state index in [0.717, 1.165) is 28.9 Å². The number of hydrogen-bond acceptors (Lipinski definition) is 8. The molecule has 1 aliphatic rings. The number of carbonyl (C=O) groups is 2. The first kappa shape index (κ1) is 20.0. The molecule has 10 heteroatoms. The molecule has 0 atom stereocenters. The second-order valence-corrected chi connectivity index (χ2v) is 6.72. The average Bonchev–Trinajstić information content (AvgIpc) is 3.00. The van der Waals surface area contributed by atoms with Crippen molar-refractivity contribution in [2.45, 2.75) is 25.7 Å².